The van der Waals surface area contributed by atoms with Gasteiger partial charge in [0.1, 0.15) is 17.6 Å². The Morgan fingerprint density at radius 3 is 1.81 bits per heavy atom. The van der Waals surface area contributed by atoms with Gasteiger partial charge in [-0.25, -0.2) is 0 Å². The van der Waals surface area contributed by atoms with E-state index < -0.39 is 11.3 Å². The zero-order valence-electron chi connectivity index (χ0n) is 21.2. The molecule has 0 aromatic heterocycles. The molecule has 0 aliphatic carbocycles. The van der Waals surface area contributed by atoms with Gasteiger partial charge in [-0.05, 0) is 28.8 Å². The smallest absolute Gasteiger partial charge is 0.236 e. The van der Waals surface area contributed by atoms with Crippen molar-refractivity contribution in [3.05, 3.63) is 126 Å². The number of ether oxygens (including phenoxy) is 1. The van der Waals surface area contributed by atoms with E-state index in [4.69, 9.17) is 4.74 Å². The Bertz CT molecular complexity index is 1480. The lowest BCUT2D eigenvalue weighted by atomic mass is 9.84. The Labute approximate surface area is 217 Å². The molecule has 0 spiro atoms. The maximum Gasteiger partial charge on any atom is 0.236 e. The van der Waals surface area contributed by atoms with Gasteiger partial charge < -0.3 is 10.1 Å². The van der Waals surface area contributed by atoms with Crippen LogP contribution in [0, 0.1) is 16.7 Å². The summed E-state index contributed by atoms with van der Waals surface area (Å²) in [6.45, 7) is 6.01. The van der Waals surface area contributed by atoms with Crippen LogP contribution in [0.2, 0.25) is 0 Å². The topological polar surface area (TPSA) is 62.1 Å². The number of allylic oxidation sites excluding steroid dienone is 2. The Kier molecular flexibility index (Phi) is 6.38. The molecule has 1 aliphatic heterocycles. The number of benzene rings is 4. The minimum Gasteiger partial charge on any atom is -0.457 e. The summed E-state index contributed by atoms with van der Waals surface area (Å²) in [5.41, 5.74) is 5.11. The molecule has 0 radical (unpaired) electrons. The van der Waals surface area contributed by atoms with Gasteiger partial charge in [0, 0.05) is 22.2 Å². The number of nitriles is 1. The highest BCUT2D eigenvalue weighted by atomic mass is 16.5. The van der Waals surface area contributed by atoms with Gasteiger partial charge in [-0.2, -0.15) is 5.26 Å². The Morgan fingerprint density at radius 1 is 0.757 bits per heavy atom. The van der Waals surface area contributed by atoms with Crippen LogP contribution in [0.15, 0.2) is 109 Å². The Morgan fingerprint density at radius 2 is 1.27 bits per heavy atom. The second kappa shape index (κ2) is 9.79. The number of hydrogen-bond donors (Lipinski definition) is 1. The summed E-state index contributed by atoms with van der Waals surface area (Å²) >= 11 is 0. The number of para-hydroxylation sites is 2. The quantitative estimate of drug-likeness (QED) is 0.302. The van der Waals surface area contributed by atoms with E-state index in [0.717, 1.165) is 27.8 Å². The van der Waals surface area contributed by atoms with Crippen LogP contribution in [0.1, 0.15) is 43.4 Å². The van der Waals surface area contributed by atoms with Crippen molar-refractivity contribution < 1.29 is 9.53 Å². The molecule has 0 saturated carbocycles. The van der Waals surface area contributed by atoms with Gasteiger partial charge in [0.25, 0.3) is 0 Å². The molecule has 5 rings (SSSR count). The summed E-state index contributed by atoms with van der Waals surface area (Å²) in [4.78, 5) is 14.0. The lowest BCUT2D eigenvalue weighted by molar-refractivity contribution is -0.121. The van der Waals surface area contributed by atoms with Crippen molar-refractivity contribution >= 4 is 11.5 Å². The minimum absolute atomic E-state index is 0.193. The van der Waals surface area contributed by atoms with Crippen LogP contribution >= 0.6 is 0 Å². The second-order valence-corrected chi connectivity index (χ2v) is 10.2. The van der Waals surface area contributed by atoms with Crippen LogP contribution in [0.25, 0.3) is 16.7 Å². The number of carbonyl (C=O) groups excluding carboxylic acids is 1. The first-order valence-corrected chi connectivity index (χ1v) is 12.3. The van der Waals surface area contributed by atoms with Gasteiger partial charge in [0.2, 0.25) is 5.91 Å². The van der Waals surface area contributed by atoms with Gasteiger partial charge >= 0.3 is 0 Å². The number of nitrogens with zero attached hydrogens (tertiary/aromatic N) is 1. The van der Waals surface area contributed by atoms with E-state index in [2.05, 4.69) is 23.5 Å². The molecule has 4 aromatic carbocycles. The van der Waals surface area contributed by atoms with Crippen LogP contribution in [-0.4, -0.2) is 5.91 Å². The van der Waals surface area contributed by atoms with Crippen molar-refractivity contribution in [2.75, 3.05) is 0 Å². The van der Waals surface area contributed by atoms with Gasteiger partial charge in [0.15, 0.2) is 0 Å². The lowest BCUT2D eigenvalue weighted by Gasteiger charge is -2.30. The molecule has 0 bridgehead atoms. The summed E-state index contributed by atoms with van der Waals surface area (Å²) in [6, 6.07) is 35.6. The summed E-state index contributed by atoms with van der Waals surface area (Å²) in [5, 5.41) is 13.4. The molecule has 1 amide bonds. The molecule has 182 valence electrons. The van der Waals surface area contributed by atoms with Gasteiger partial charge in [-0.15, -0.1) is 0 Å². The number of nitrogens with one attached hydrogen (secondary N) is 1. The van der Waals surface area contributed by atoms with E-state index >= 15 is 0 Å². The van der Waals surface area contributed by atoms with Crippen molar-refractivity contribution in [3.63, 3.8) is 0 Å². The van der Waals surface area contributed by atoms with Crippen LogP contribution in [0.3, 0.4) is 0 Å². The molecule has 0 saturated heterocycles. The first kappa shape index (κ1) is 24.1. The predicted molar refractivity (Wildman–Crippen MR) is 147 cm³/mol. The van der Waals surface area contributed by atoms with Gasteiger partial charge in [-0.3, -0.25) is 4.79 Å². The highest BCUT2D eigenvalue weighted by Crippen LogP contribution is 2.44. The monoisotopic (exact) mass is 484 g/mol. The molecule has 1 heterocycles. The average Bonchev–Trinajstić information content (AvgIpc) is 2.91. The van der Waals surface area contributed by atoms with Crippen molar-refractivity contribution in [2.24, 2.45) is 5.41 Å². The SMILES string of the molecule is CC(C)(C)C(NC(=O)C1c2ccccc2Oc2ccccc21)=C(C#N)c1ccc(-c2ccccc2)cc1. The summed E-state index contributed by atoms with van der Waals surface area (Å²) < 4.78 is 6.07. The maximum absolute atomic E-state index is 14.0. The van der Waals surface area contributed by atoms with Crippen LogP contribution in [0.4, 0.5) is 0 Å². The normalized spacial score (nSPS) is 13.4. The van der Waals surface area contributed by atoms with E-state index in [9.17, 15) is 10.1 Å². The van der Waals surface area contributed by atoms with Gasteiger partial charge in [-0.1, -0.05) is 112 Å². The summed E-state index contributed by atoms with van der Waals surface area (Å²) in [6.07, 6.45) is 0. The molecule has 0 atom stereocenters. The third kappa shape index (κ3) is 4.77. The number of rotatable bonds is 4. The zero-order chi connectivity index (χ0) is 26.0. The van der Waals surface area contributed by atoms with Crippen LogP contribution in [-0.2, 0) is 4.79 Å². The Hall–Kier alpha value is -4.62. The number of amides is 1. The first-order chi connectivity index (χ1) is 17.9. The van der Waals surface area contributed by atoms with E-state index in [1.165, 1.54) is 0 Å². The molecule has 0 fully saturated rings. The molecule has 1 N–H and O–H groups in total. The van der Waals surface area contributed by atoms with Crippen molar-refractivity contribution in [2.45, 2.75) is 26.7 Å². The summed E-state index contributed by atoms with van der Waals surface area (Å²) in [5.74, 6) is 0.583. The summed E-state index contributed by atoms with van der Waals surface area (Å²) in [7, 11) is 0. The molecular formula is C33H28N2O2. The lowest BCUT2D eigenvalue weighted by Crippen LogP contribution is -2.36. The molecule has 4 heteroatoms. The van der Waals surface area contributed by atoms with Crippen molar-refractivity contribution in [1.29, 1.82) is 5.26 Å². The highest BCUT2D eigenvalue weighted by molar-refractivity contribution is 5.93. The van der Waals surface area contributed by atoms with E-state index in [-0.39, 0.29) is 5.91 Å². The maximum atomic E-state index is 14.0. The fraction of sp³-hybridized carbons (Fsp3) is 0.152. The zero-order valence-corrected chi connectivity index (χ0v) is 21.2. The fourth-order valence-corrected chi connectivity index (χ4v) is 4.74. The molecule has 1 aliphatic rings. The largest absolute Gasteiger partial charge is 0.457 e. The predicted octanol–water partition coefficient (Wildman–Crippen LogP) is 7.69. The molecule has 4 nitrogen and oxygen atoms in total. The van der Waals surface area contributed by atoms with Crippen molar-refractivity contribution in [1.82, 2.24) is 5.32 Å². The molecular weight excluding hydrogens is 456 g/mol. The second-order valence-electron chi connectivity index (χ2n) is 10.2. The third-order valence-electron chi connectivity index (χ3n) is 6.58. The average molecular weight is 485 g/mol. The van der Waals surface area contributed by atoms with E-state index in [0.29, 0.717) is 22.8 Å². The molecule has 4 aromatic rings. The van der Waals surface area contributed by atoms with Crippen LogP contribution < -0.4 is 10.1 Å². The van der Waals surface area contributed by atoms with E-state index in [1.54, 1.807) is 0 Å². The fourth-order valence-electron chi connectivity index (χ4n) is 4.74. The van der Waals surface area contributed by atoms with Crippen LogP contribution in [0.5, 0.6) is 11.5 Å². The first-order valence-electron chi connectivity index (χ1n) is 12.3. The number of carbonyl (C=O) groups is 1. The highest BCUT2D eigenvalue weighted by Gasteiger charge is 2.34. The number of hydrogen-bond acceptors (Lipinski definition) is 3. The van der Waals surface area contributed by atoms with E-state index in [1.807, 2.05) is 112 Å². The van der Waals surface area contributed by atoms with Crippen molar-refractivity contribution in [3.8, 4) is 28.7 Å². The minimum atomic E-state index is -0.557. The number of fused-ring (bicyclic) bond motifs is 2. The molecule has 0 unspecified atom stereocenters. The van der Waals surface area contributed by atoms with Gasteiger partial charge in [0.05, 0.1) is 11.5 Å². The molecule has 37 heavy (non-hydrogen) atoms. The third-order valence-corrected chi connectivity index (χ3v) is 6.58. The standard InChI is InChI=1S/C33H28N2O2/c1-33(2,3)31(27(21-34)24-19-17-23(18-20-24)22-11-5-4-6-12-22)35-32(36)30-25-13-7-9-15-28(25)37-29-16-10-8-14-26(29)30/h4-20,30H,1-3H3,(H,35,36). The Balaban J connectivity index is 1.55.